The Bertz CT molecular complexity index is 262. The number of carbonyl (C=O) groups excluding carboxylic acids is 1. The Morgan fingerprint density at radius 3 is 2.69 bits per heavy atom. The molecule has 0 aromatic heterocycles. The molecule has 1 nitrogen and oxygen atoms in total. The Kier molecular flexibility index (Phi) is 1.86. The molecule has 72 valence electrons. The molecule has 1 heteroatoms. The maximum atomic E-state index is 11.5. The highest BCUT2D eigenvalue weighted by atomic mass is 16.1. The van der Waals surface area contributed by atoms with E-state index in [0.717, 1.165) is 25.7 Å². The molecule has 2 rings (SSSR count). The van der Waals surface area contributed by atoms with E-state index in [9.17, 15) is 4.79 Å². The van der Waals surface area contributed by atoms with Crippen LogP contribution in [0.15, 0.2) is 12.2 Å². The number of ketones is 1. The Balaban J connectivity index is 2.24. The van der Waals surface area contributed by atoms with E-state index in [-0.39, 0.29) is 5.41 Å². The first-order chi connectivity index (χ1) is 6.02. The summed E-state index contributed by atoms with van der Waals surface area (Å²) >= 11 is 0. The van der Waals surface area contributed by atoms with Gasteiger partial charge in [-0.2, -0.15) is 0 Å². The molecule has 0 heterocycles. The number of hydrogen-bond acceptors (Lipinski definition) is 1. The minimum Gasteiger partial charge on any atom is -0.299 e. The van der Waals surface area contributed by atoms with Gasteiger partial charge in [-0.15, -0.1) is 0 Å². The van der Waals surface area contributed by atoms with Gasteiger partial charge in [0, 0.05) is 12.3 Å². The second-order valence-electron chi connectivity index (χ2n) is 5.17. The van der Waals surface area contributed by atoms with Crippen LogP contribution in [-0.2, 0) is 4.79 Å². The summed E-state index contributed by atoms with van der Waals surface area (Å²) in [4.78, 5) is 11.5. The molecule has 0 aromatic rings. The molecule has 2 saturated carbocycles. The predicted molar refractivity (Wildman–Crippen MR) is 53.4 cm³/mol. The first kappa shape index (κ1) is 8.98. The third kappa shape index (κ3) is 1.25. The van der Waals surface area contributed by atoms with Crippen molar-refractivity contribution in [2.45, 2.75) is 39.5 Å². The SMILES string of the molecule is C=C1[C@@H]2CCC(=O)[C@@H]2CCC1(C)C. The lowest BCUT2D eigenvalue weighted by Gasteiger charge is -2.39. The third-order valence-electron chi connectivity index (χ3n) is 4.00. The van der Waals surface area contributed by atoms with Crippen molar-refractivity contribution in [3.05, 3.63) is 12.2 Å². The monoisotopic (exact) mass is 178 g/mol. The Hall–Kier alpha value is -0.590. The van der Waals surface area contributed by atoms with E-state index in [0.29, 0.717) is 17.6 Å². The molecule has 2 atom stereocenters. The number of allylic oxidation sites excluding steroid dienone is 1. The number of carbonyl (C=O) groups is 1. The van der Waals surface area contributed by atoms with Crippen molar-refractivity contribution in [2.75, 3.05) is 0 Å². The minimum atomic E-state index is 0.270. The standard InChI is InChI=1S/C12H18O/c1-8-9-4-5-11(13)10(9)6-7-12(8,2)3/h9-10H,1,4-7H2,2-3H3/t9-,10+/m0/s1. The fourth-order valence-electron chi connectivity index (χ4n) is 2.87. The predicted octanol–water partition coefficient (Wildman–Crippen LogP) is 2.96. The molecule has 0 radical (unpaired) electrons. The van der Waals surface area contributed by atoms with Gasteiger partial charge in [0.25, 0.3) is 0 Å². The maximum absolute atomic E-state index is 11.5. The number of Topliss-reactive ketones (excluding diaryl/α,β-unsaturated/α-hetero) is 1. The zero-order valence-corrected chi connectivity index (χ0v) is 8.60. The fourth-order valence-corrected chi connectivity index (χ4v) is 2.87. The van der Waals surface area contributed by atoms with E-state index in [4.69, 9.17) is 0 Å². The van der Waals surface area contributed by atoms with Gasteiger partial charge in [0.1, 0.15) is 5.78 Å². The normalized spacial score (nSPS) is 37.7. The molecule has 0 bridgehead atoms. The lowest BCUT2D eigenvalue weighted by atomic mass is 9.65. The third-order valence-corrected chi connectivity index (χ3v) is 4.00. The second kappa shape index (κ2) is 2.70. The van der Waals surface area contributed by atoms with Crippen LogP contribution in [0.25, 0.3) is 0 Å². The van der Waals surface area contributed by atoms with Crippen LogP contribution in [0.4, 0.5) is 0 Å². The molecule has 0 spiro atoms. The summed E-state index contributed by atoms with van der Waals surface area (Å²) in [5.74, 6) is 1.33. The van der Waals surface area contributed by atoms with Gasteiger partial charge >= 0.3 is 0 Å². The van der Waals surface area contributed by atoms with Crippen molar-refractivity contribution >= 4 is 5.78 Å². The highest BCUT2D eigenvalue weighted by Gasteiger charge is 2.44. The molecule has 0 aromatic carbocycles. The van der Waals surface area contributed by atoms with Crippen LogP contribution >= 0.6 is 0 Å². The van der Waals surface area contributed by atoms with E-state index in [2.05, 4.69) is 20.4 Å². The Labute approximate surface area is 80.2 Å². The molecule has 2 fully saturated rings. The Morgan fingerprint density at radius 1 is 1.31 bits per heavy atom. The van der Waals surface area contributed by atoms with Crippen molar-refractivity contribution in [3.63, 3.8) is 0 Å². The minimum absolute atomic E-state index is 0.270. The van der Waals surface area contributed by atoms with Crippen LogP contribution in [0, 0.1) is 17.3 Å². The lowest BCUT2D eigenvalue weighted by molar-refractivity contribution is -0.121. The largest absolute Gasteiger partial charge is 0.299 e. The van der Waals surface area contributed by atoms with Crippen LogP contribution in [0.5, 0.6) is 0 Å². The number of fused-ring (bicyclic) bond motifs is 1. The molecule has 0 amide bonds. The summed E-state index contributed by atoms with van der Waals surface area (Å²) < 4.78 is 0. The van der Waals surface area contributed by atoms with Crippen molar-refractivity contribution in [1.82, 2.24) is 0 Å². The van der Waals surface area contributed by atoms with Gasteiger partial charge in [-0.1, -0.05) is 26.0 Å². The van der Waals surface area contributed by atoms with Gasteiger partial charge in [0.2, 0.25) is 0 Å². The van der Waals surface area contributed by atoms with Crippen molar-refractivity contribution in [1.29, 1.82) is 0 Å². The fraction of sp³-hybridized carbons (Fsp3) is 0.750. The van der Waals surface area contributed by atoms with Crippen LogP contribution < -0.4 is 0 Å². The highest BCUT2D eigenvalue weighted by Crippen LogP contribution is 2.50. The molecule has 2 aliphatic rings. The lowest BCUT2D eigenvalue weighted by Crippen LogP contribution is -2.31. The van der Waals surface area contributed by atoms with Gasteiger partial charge in [0.15, 0.2) is 0 Å². The van der Waals surface area contributed by atoms with E-state index < -0.39 is 0 Å². The molecule has 2 aliphatic carbocycles. The summed E-state index contributed by atoms with van der Waals surface area (Å²) in [6, 6.07) is 0. The molecule has 13 heavy (non-hydrogen) atoms. The average molecular weight is 178 g/mol. The van der Waals surface area contributed by atoms with E-state index >= 15 is 0 Å². The average Bonchev–Trinajstić information content (AvgIpc) is 2.41. The van der Waals surface area contributed by atoms with Crippen molar-refractivity contribution in [2.24, 2.45) is 17.3 Å². The zero-order valence-electron chi connectivity index (χ0n) is 8.60. The summed E-state index contributed by atoms with van der Waals surface area (Å²) in [6.45, 7) is 8.71. The quantitative estimate of drug-likeness (QED) is 0.521. The second-order valence-corrected chi connectivity index (χ2v) is 5.17. The van der Waals surface area contributed by atoms with Crippen LogP contribution in [-0.4, -0.2) is 5.78 Å². The number of rotatable bonds is 0. The summed E-state index contributed by atoms with van der Waals surface area (Å²) in [6.07, 6.45) is 4.09. The van der Waals surface area contributed by atoms with Crippen molar-refractivity contribution in [3.8, 4) is 0 Å². The molecular formula is C12H18O. The van der Waals surface area contributed by atoms with Gasteiger partial charge in [0.05, 0.1) is 0 Å². The first-order valence-corrected chi connectivity index (χ1v) is 5.24. The van der Waals surface area contributed by atoms with Crippen LogP contribution in [0.2, 0.25) is 0 Å². The smallest absolute Gasteiger partial charge is 0.136 e. The van der Waals surface area contributed by atoms with E-state index in [1.165, 1.54) is 5.57 Å². The van der Waals surface area contributed by atoms with Gasteiger partial charge in [-0.05, 0) is 30.6 Å². The molecule has 0 aliphatic heterocycles. The van der Waals surface area contributed by atoms with Gasteiger partial charge in [-0.25, -0.2) is 0 Å². The first-order valence-electron chi connectivity index (χ1n) is 5.24. The summed E-state index contributed by atoms with van der Waals surface area (Å²) in [5, 5.41) is 0. The number of hydrogen-bond donors (Lipinski definition) is 0. The molecule has 0 saturated heterocycles. The van der Waals surface area contributed by atoms with E-state index in [1.54, 1.807) is 0 Å². The Morgan fingerprint density at radius 2 is 2.00 bits per heavy atom. The van der Waals surface area contributed by atoms with Gasteiger partial charge in [-0.3, -0.25) is 4.79 Å². The molecular weight excluding hydrogens is 160 g/mol. The maximum Gasteiger partial charge on any atom is 0.136 e. The van der Waals surface area contributed by atoms with Crippen LogP contribution in [0.1, 0.15) is 39.5 Å². The molecule has 0 unspecified atom stereocenters. The zero-order chi connectivity index (χ0) is 9.64. The highest BCUT2D eigenvalue weighted by molar-refractivity contribution is 5.84. The topological polar surface area (TPSA) is 17.1 Å². The molecule has 0 N–H and O–H groups in total. The van der Waals surface area contributed by atoms with Gasteiger partial charge < -0.3 is 0 Å². The van der Waals surface area contributed by atoms with Crippen LogP contribution in [0.3, 0.4) is 0 Å². The van der Waals surface area contributed by atoms with Crippen molar-refractivity contribution < 1.29 is 4.79 Å². The summed E-state index contributed by atoms with van der Waals surface area (Å²) in [7, 11) is 0. The summed E-state index contributed by atoms with van der Waals surface area (Å²) in [5.41, 5.74) is 1.60. The van der Waals surface area contributed by atoms with E-state index in [1.807, 2.05) is 0 Å².